The van der Waals surface area contributed by atoms with Crippen LogP contribution in [0.3, 0.4) is 0 Å². The van der Waals surface area contributed by atoms with Crippen LogP contribution >= 0.6 is 15.9 Å². The van der Waals surface area contributed by atoms with E-state index in [4.69, 9.17) is 0 Å². The van der Waals surface area contributed by atoms with Crippen molar-refractivity contribution in [2.45, 2.75) is 26.7 Å². The number of amides is 1. The number of nitrogens with one attached hydrogen (secondary N) is 1. The zero-order valence-electron chi connectivity index (χ0n) is 13.6. The third-order valence-corrected chi connectivity index (χ3v) is 3.91. The smallest absolute Gasteiger partial charge is 0.272 e. The van der Waals surface area contributed by atoms with Crippen LogP contribution in [0.2, 0.25) is 0 Å². The van der Waals surface area contributed by atoms with Gasteiger partial charge < -0.3 is 10.2 Å². The van der Waals surface area contributed by atoms with Gasteiger partial charge in [0.05, 0.1) is 0 Å². The van der Waals surface area contributed by atoms with Gasteiger partial charge in [0.25, 0.3) is 5.91 Å². The second kappa shape index (κ2) is 8.67. The van der Waals surface area contributed by atoms with E-state index in [1.165, 1.54) is 0 Å². The Hall–Kier alpha value is -1.88. The average Bonchev–Trinajstić information content (AvgIpc) is 2.56. The Morgan fingerprint density at radius 1 is 1.09 bits per heavy atom. The summed E-state index contributed by atoms with van der Waals surface area (Å²) in [5.74, 6) is -0.00634. The molecule has 0 atom stereocenters. The summed E-state index contributed by atoms with van der Waals surface area (Å²) in [4.78, 5) is 18.7. The molecule has 23 heavy (non-hydrogen) atoms. The van der Waals surface area contributed by atoms with Crippen molar-refractivity contribution in [2.75, 3.05) is 18.4 Å². The number of carbonyl (C=O) groups excluding carboxylic acids is 1. The van der Waals surface area contributed by atoms with Crippen molar-refractivity contribution >= 4 is 33.2 Å². The second-order valence-electron chi connectivity index (χ2n) is 5.35. The van der Waals surface area contributed by atoms with Gasteiger partial charge in [-0.2, -0.15) is 0 Å². The topological polar surface area (TPSA) is 45.2 Å². The average molecular weight is 376 g/mol. The number of hydrogen-bond donors (Lipinski definition) is 1. The van der Waals surface area contributed by atoms with Crippen LogP contribution in [0.4, 0.5) is 11.4 Å². The number of hydrogen-bond acceptors (Lipinski definition) is 3. The number of rotatable bonds is 7. The summed E-state index contributed by atoms with van der Waals surface area (Å²) in [6, 6.07) is 11.6. The molecule has 1 aromatic carbocycles. The molecule has 4 nitrogen and oxygen atoms in total. The van der Waals surface area contributed by atoms with Crippen molar-refractivity contribution in [1.29, 1.82) is 0 Å². The van der Waals surface area contributed by atoms with E-state index in [1.807, 2.05) is 41.3 Å². The van der Waals surface area contributed by atoms with E-state index in [0.29, 0.717) is 5.69 Å². The van der Waals surface area contributed by atoms with Crippen molar-refractivity contribution in [2.24, 2.45) is 0 Å². The maximum Gasteiger partial charge on any atom is 0.272 e. The van der Waals surface area contributed by atoms with E-state index in [1.54, 1.807) is 6.20 Å². The molecule has 0 unspecified atom stereocenters. The van der Waals surface area contributed by atoms with Gasteiger partial charge in [-0.15, -0.1) is 0 Å². The highest BCUT2D eigenvalue weighted by molar-refractivity contribution is 9.10. The van der Waals surface area contributed by atoms with Gasteiger partial charge in [0, 0.05) is 35.1 Å². The molecule has 2 rings (SSSR count). The summed E-state index contributed by atoms with van der Waals surface area (Å²) in [5, 5.41) is 3.30. The minimum Gasteiger partial charge on any atom is -0.355 e. The van der Waals surface area contributed by atoms with E-state index in [-0.39, 0.29) is 5.91 Å². The summed E-state index contributed by atoms with van der Waals surface area (Å²) in [5.41, 5.74) is 2.31. The Morgan fingerprint density at radius 3 is 2.35 bits per heavy atom. The van der Waals surface area contributed by atoms with Gasteiger partial charge in [-0.05, 0) is 49.2 Å². The molecule has 0 fully saturated rings. The lowest BCUT2D eigenvalue weighted by Gasteiger charge is -2.21. The van der Waals surface area contributed by atoms with Crippen LogP contribution in [0.1, 0.15) is 37.2 Å². The van der Waals surface area contributed by atoms with Crippen LogP contribution in [0, 0.1) is 0 Å². The quantitative estimate of drug-likeness (QED) is 0.751. The fourth-order valence-electron chi connectivity index (χ4n) is 2.34. The summed E-state index contributed by atoms with van der Waals surface area (Å²) < 4.78 is 1.03. The van der Waals surface area contributed by atoms with Crippen LogP contribution in [-0.4, -0.2) is 28.9 Å². The van der Waals surface area contributed by atoms with Gasteiger partial charge in [-0.1, -0.05) is 29.8 Å². The zero-order chi connectivity index (χ0) is 16.7. The highest BCUT2D eigenvalue weighted by atomic mass is 79.9. The summed E-state index contributed by atoms with van der Waals surface area (Å²) in [7, 11) is 0. The molecule has 2 aromatic rings. The molecule has 5 heteroatoms. The van der Waals surface area contributed by atoms with Gasteiger partial charge in [0.2, 0.25) is 0 Å². The predicted molar refractivity (Wildman–Crippen MR) is 98.1 cm³/mol. The minimum absolute atomic E-state index is 0.00634. The molecule has 0 aliphatic rings. The first kappa shape index (κ1) is 17.5. The Kier molecular flexibility index (Phi) is 6.59. The SMILES string of the molecule is CCCN(CCC)C(=O)c1cc(Nc2ccc(Br)cc2)ccn1. The van der Waals surface area contributed by atoms with Gasteiger partial charge in [-0.25, -0.2) is 0 Å². The number of nitrogens with zero attached hydrogens (tertiary/aromatic N) is 2. The molecule has 0 radical (unpaired) electrons. The summed E-state index contributed by atoms with van der Waals surface area (Å²) >= 11 is 3.42. The normalized spacial score (nSPS) is 10.4. The molecule has 1 N–H and O–H groups in total. The molecular weight excluding hydrogens is 354 g/mol. The van der Waals surface area contributed by atoms with Crippen LogP contribution in [0.25, 0.3) is 0 Å². The fraction of sp³-hybridized carbons (Fsp3) is 0.333. The maximum absolute atomic E-state index is 12.6. The number of benzene rings is 1. The van der Waals surface area contributed by atoms with Gasteiger partial charge in [0.15, 0.2) is 0 Å². The molecule has 0 aliphatic carbocycles. The third-order valence-electron chi connectivity index (χ3n) is 3.39. The molecule has 0 bridgehead atoms. The number of pyridine rings is 1. The van der Waals surface area contributed by atoms with Crippen LogP contribution in [-0.2, 0) is 0 Å². The van der Waals surface area contributed by atoms with Crippen LogP contribution in [0.5, 0.6) is 0 Å². The molecule has 1 heterocycles. The Balaban J connectivity index is 2.14. The molecule has 0 spiro atoms. The Morgan fingerprint density at radius 2 is 1.74 bits per heavy atom. The standard InChI is InChI=1S/C18H22BrN3O/c1-3-11-22(12-4-2)18(23)17-13-16(9-10-20-17)21-15-7-5-14(19)6-8-15/h5-10,13H,3-4,11-12H2,1-2H3,(H,20,21). The van der Waals surface area contributed by atoms with Crippen LogP contribution in [0.15, 0.2) is 47.1 Å². The lowest BCUT2D eigenvalue weighted by atomic mass is 10.2. The van der Waals surface area contributed by atoms with E-state index in [0.717, 1.165) is 41.8 Å². The molecule has 122 valence electrons. The zero-order valence-corrected chi connectivity index (χ0v) is 15.1. The lowest BCUT2D eigenvalue weighted by molar-refractivity contribution is 0.0750. The molecule has 1 amide bonds. The van der Waals surface area contributed by atoms with E-state index < -0.39 is 0 Å². The van der Waals surface area contributed by atoms with Crippen molar-refractivity contribution in [3.05, 3.63) is 52.8 Å². The lowest BCUT2D eigenvalue weighted by Crippen LogP contribution is -2.33. The van der Waals surface area contributed by atoms with E-state index in [2.05, 4.69) is 40.1 Å². The number of aromatic nitrogens is 1. The minimum atomic E-state index is -0.00634. The molecule has 0 aliphatic heterocycles. The van der Waals surface area contributed by atoms with Gasteiger partial charge in [0.1, 0.15) is 5.69 Å². The number of halogens is 1. The Bertz CT molecular complexity index is 637. The van der Waals surface area contributed by atoms with Crippen LogP contribution < -0.4 is 5.32 Å². The van der Waals surface area contributed by atoms with E-state index in [9.17, 15) is 4.79 Å². The first-order chi connectivity index (χ1) is 11.1. The largest absolute Gasteiger partial charge is 0.355 e. The van der Waals surface area contributed by atoms with Crippen molar-refractivity contribution in [1.82, 2.24) is 9.88 Å². The van der Waals surface area contributed by atoms with Crippen molar-refractivity contribution < 1.29 is 4.79 Å². The molecule has 0 saturated carbocycles. The first-order valence-electron chi connectivity index (χ1n) is 7.92. The van der Waals surface area contributed by atoms with Gasteiger partial charge >= 0.3 is 0 Å². The summed E-state index contributed by atoms with van der Waals surface area (Å²) in [6.45, 7) is 5.68. The second-order valence-corrected chi connectivity index (χ2v) is 6.27. The molecule has 1 aromatic heterocycles. The Labute approximate surface area is 146 Å². The predicted octanol–water partition coefficient (Wildman–Crippen LogP) is 4.85. The van der Waals surface area contributed by atoms with E-state index >= 15 is 0 Å². The first-order valence-corrected chi connectivity index (χ1v) is 8.71. The maximum atomic E-state index is 12.6. The monoisotopic (exact) mass is 375 g/mol. The van der Waals surface area contributed by atoms with Crippen molar-refractivity contribution in [3.8, 4) is 0 Å². The fourth-order valence-corrected chi connectivity index (χ4v) is 2.61. The highest BCUT2D eigenvalue weighted by Gasteiger charge is 2.15. The number of anilines is 2. The number of carbonyl (C=O) groups is 1. The van der Waals surface area contributed by atoms with Gasteiger partial charge in [-0.3, -0.25) is 9.78 Å². The van der Waals surface area contributed by atoms with Crippen molar-refractivity contribution in [3.63, 3.8) is 0 Å². The third kappa shape index (κ3) is 5.06. The highest BCUT2D eigenvalue weighted by Crippen LogP contribution is 2.20. The molecular formula is C18H22BrN3O. The molecule has 0 saturated heterocycles. The summed E-state index contributed by atoms with van der Waals surface area (Å²) in [6.07, 6.45) is 3.57.